The summed E-state index contributed by atoms with van der Waals surface area (Å²) in [5, 5.41) is 7.15. The Morgan fingerprint density at radius 3 is 2.36 bits per heavy atom. The van der Waals surface area contributed by atoms with Crippen LogP contribution in [0, 0.1) is 5.92 Å². The lowest BCUT2D eigenvalue weighted by Gasteiger charge is -2.31. The van der Waals surface area contributed by atoms with E-state index in [1.165, 1.54) is 6.42 Å². The molecule has 2 aliphatic rings. The van der Waals surface area contributed by atoms with Crippen LogP contribution >= 0.6 is 0 Å². The number of anilines is 3. The van der Waals surface area contributed by atoms with Gasteiger partial charge in [-0.05, 0) is 63.8 Å². The lowest BCUT2D eigenvalue weighted by Crippen LogP contribution is -2.45. The SMILES string of the molecule is CCCC1(CC(=O)OC(C)(C)C)Nc2ccc(N(Cc3ccccc3)C(=O)C3CCCCC3)cc2N1. The van der Waals surface area contributed by atoms with Crippen LogP contribution in [0.25, 0.3) is 0 Å². The van der Waals surface area contributed by atoms with Gasteiger partial charge in [0, 0.05) is 11.6 Å². The second-order valence-corrected chi connectivity index (χ2v) is 11.3. The van der Waals surface area contributed by atoms with Gasteiger partial charge in [0.05, 0.1) is 24.3 Å². The average molecular weight is 492 g/mol. The number of benzene rings is 2. The van der Waals surface area contributed by atoms with E-state index in [1.807, 2.05) is 56.0 Å². The molecule has 1 heterocycles. The number of hydrogen-bond acceptors (Lipinski definition) is 5. The van der Waals surface area contributed by atoms with Gasteiger partial charge in [-0.3, -0.25) is 9.59 Å². The largest absolute Gasteiger partial charge is 0.460 e. The number of rotatable bonds is 8. The van der Waals surface area contributed by atoms with Gasteiger partial charge in [0.2, 0.25) is 5.91 Å². The van der Waals surface area contributed by atoms with E-state index in [0.717, 1.165) is 61.2 Å². The van der Waals surface area contributed by atoms with Gasteiger partial charge in [0.15, 0.2) is 0 Å². The van der Waals surface area contributed by atoms with Crippen molar-refractivity contribution in [3.8, 4) is 0 Å². The number of nitrogens with zero attached hydrogens (tertiary/aromatic N) is 1. The summed E-state index contributed by atoms with van der Waals surface area (Å²) < 4.78 is 5.62. The van der Waals surface area contributed by atoms with Crippen molar-refractivity contribution in [3.05, 3.63) is 54.1 Å². The van der Waals surface area contributed by atoms with Crippen LogP contribution in [0.4, 0.5) is 17.1 Å². The molecule has 0 bridgehead atoms. The zero-order valence-corrected chi connectivity index (χ0v) is 22.2. The van der Waals surface area contributed by atoms with E-state index < -0.39 is 11.3 Å². The van der Waals surface area contributed by atoms with Gasteiger partial charge in [-0.1, -0.05) is 62.9 Å². The number of fused-ring (bicyclic) bond motifs is 1. The molecule has 2 N–H and O–H groups in total. The minimum absolute atomic E-state index is 0.0770. The van der Waals surface area contributed by atoms with E-state index in [0.29, 0.717) is 6.54 Å². The van der Waals surface area contributed by atoms with Crippen molar-refractivity contribution in [3.63, 3.8) is 0 Å². The molecule has 1 unspecified atom stereocenters. The Kier molecular flexibility index (Phi) is 7.91. The fourth-order valence-corrected chi connectivity index (χ4v) is 5.44. The van der Waals surface area contributed by atoms with Crippen LogP contribution < -0.4 is 15.5 Å². The lowest BCUT2D eigenvalue weighted by atomic mass is 9.88. The first-order valence-corrected chi connectivity index (χ1v) is 13.5. The first-order valence-electron chi connectivity index (χ1n) is 13.5. The second-order valence-electron chi connectivity index (χ2n) is 11.3. The molecule has 4 rings (SSSR count). The maximum Gasteiger partial charge on any atom is 0.310 e. The molecule has 1 aliphatic carbocycles. The van der Waals surface area contributed by atoms with E-state index in [-0.39, 0.29) is 24.2 Å². The number of nitrogens with one attached hydrogen (secondary N) is 2. The Hall–Kier alpha value is -3.02. The van der Waals surface area contributed by atoms with Gasteiger partial charge in [-0.25, -0.2) is 0 Å². The van der Waals surface area contributed by atoms with Crippen LogP contribution in [0.3, 0.4) is 0 Å². The van der Waals surface area contributed by atoms with Crippen molar-refractivity contribution in [1.29, 1.82) is 0 Å². The lowest BCUT2D eigenvalue weighted by molar-refractivity contribution is -0.155. The first kappa shape index (κ1) is 26.1. The molecular weight excluding hydrogens is 450 g/mol. The van der Waals surface area contributed by atoms with Gasteiger partial charge < -0.3 is 20.3 Å². The zero-order valence-electron chi connectivity index (χ0n) is 22.2. The van der Waals surface area contributed by atoms with Crippen molar-refractivity contribution < 1.29 is 14.3 Å². The van der Waals surface area contributed by atoms with Crippen molar-refractivity contribution in [2.24, 2.45) is 5.92 Å². The molecule has 1 fully saturated rings. The van der Waals surface area contributed by atoms with Crippen LogP contribution in [0.2, 0.25) is 0 Å². The predicted octanol–water partition coefficient (Wildman–Crippen LogP) is 6.87. The molecule has 194 valence electrons. The van der Waals surface area contributed by atoms with E-state index >= 15 is 0 Å². The summed E-state index contributed by atoms with van der Waals surface area (Å²) >= 11 is 0. The van der Waals surface area contributed by atoms with Crippen LogP contribution in [0.5, 0.6) is 0 Å². The smallest absolute Gasteiger partial charge is 0.310 e. The predicted molar refractivity (Wildman–Crippen MR) is 146 cm³/mol. The third-order valence-corrected chi connectivity index (χ3v) is 7.01. The van der Waals surface area contributed by atoms with Crippen molar-refractivity contribution >= 4 is 28.9 Å². The highest BCUT2D eigenvalue weighted by atomic mass is 16.6. The number of carbonyl (C=O) groups excluding carboxylic acids is 2. The van der Waals surface area contributed by atoms with E-state index in [1.54, 1.807) is 0 Å². The molecule has 1 amide bonds. The molecule has 1 aliphatic heterocycles. The summed E-state index contributed by atoms with van der Waals surface area (Å²) in [6.45, 7) is 8.31. The van der Waals surface area contributed by atoms with Gasteiger partial charge >= 0.3 is 5.97 Å². The molecule has 1 saturated carbocycles. The minimum atomic E-state index is -0.602. The minimum Gasteiger partial charge on any atom is -0.460 e. The molecular formula is C30H41N3O3. The Morgan fingerprint density at radius 1 is 1.00 bits per heavy atom. The van der Waals surface area contributed by atoms with Gasteiger partial charge in [-0.2, -0.15) is 0 Å². The number of ether oxygens (including phenoxy) is 1. The van der Waals surface area contributed by atoms with Crippen LogP contribution in [0.1, 0.15) is 84.6 Å². The monoisotopic (exact) mass is 491 g/mol. The molecule has 6 heteroatoms. The normalized spacial score (nSPS) is 19.7. The molecule has 2 aromatic rings. The summed E-state index contributed by atoms with van der Waals surface area (Å²) in [7, 11) is 0. The molecule has 0 radical (unpaired) electrons. The van der Waals surface area contributed by atoms with Crippen LogP contribution in [-0.2, 0) is 20.9 Å². The Morgan fingerprint density at radius 2 is 1.69 bits per heavy atom. The molecule has 1 atom stereocenters. The van der Waals surface area contributed by atoms with Gasteiger partial charge in [0.1, 0.15) is 11.3 Å². The molecule has 0 aromatic heterocycles. The molecule has 2 aromatic carbocycles. The summed E-state index contributed by atoms with van der Waals surface area (Å²) in [5.41, 5.74) is 2.72. The number of carbonyl (C=O) groups is 2. The number of esters is 1. The molecule has 0 spiro atoms. The fraction of sp³-hybridized carbons (Fsp3) is 0.533. The number of hydrogen-bond donors (Lipinski definition) is 2. The van der Waals surface area contributed by atoms with Crippen molar-refractivity contribution in [2.75, 3.05) is 15.5 Å². The molecule has 6 nitrogen and oxygen atoms in total. The highest BCUT2D eigenvalue weighted by Crippen LogP contribution is 2.41. The van der Waals surface area contributed by atoms with Crippen LogP contribution in [-0.4, -0.2) is 23.1 Å². The zero-order chi connectivity index (χ0) is 25.8. The second kappa shape index (κ2) is 10.9. The summed E-state index contributed by atoms with van der Waals surface area (Å²) in [6, 6.07) is 16.3. The topological polar surface area (TPSA) is 70.7 Å². The van der Waals surface area contributed by atoms with Gasteiger partial charge in [0.25, 0.3) is 0 Å². The maximum absolute atomic E-state index is 13.7. The van der Waals surface area contributed by atoms with Gasteiger partial charge in [-0.15, -0.1) is 0 Å². The average Bonchev–Trinajstić information content (AvgIpc) is 3.19. The van der Waals surface area contributed by atoms with Crippen molar-refractivity contribution in [2.45, 2.75) is 96.9 Å². The molecule has 36 heavy (non-hydrogen) atoms. The Balaban J connectivity index is 1.59. The number of amides is 1. The van der Waals surface area contributed by atoms with Crippen LogP contribution in [0.15, 0.2) is 48.5 Å². The summed E-state index contributed by atoms with van der Waals surface area (Å²) in [4.78, 5) is 28.4. The first-order chi connectivity index (χ1) is 17.2. The van der Waals surface area contributed by atoms with E-state index in [4.69, 9.17) is 4.74 Å². The van der Waals surface area contributed by atoms with E-state index in [9.17, 15) is 9.59 Å². The standard InChI is InChI=1S/C30H41N3O3/c1-5-18-30(20-27(34)36-29(2,3)4)31-25-17-16-24(19-26(25)32-30)33(21-22-12-8-6-9-13-22)28(35)23-14-10-7-11-15-23/h6,8-9,12-13,16-17,19,23,31-32H,5,7,10-11,14-15,18,20-21H2,1-4H3. The molecule has 0 saturated heterocycles. The summed E-state index contributed by atoms with van der Waals surface area (Å²) in [5.74, 6) is 0.0494. The van der Waals surface area contributed by atoms with Crippen molar-refractivity contribution in [1.82, 2.24) is 0 Å². The summed E-state index contributed by atoms with van der Waals surface area (Å²) in [6.07, 6.45) is 7.28. The third kappa shape index (κ3) is 6.40. The third-order valence-electron chi connectivity index (χ3n) is 7.01. The maximum atomic E-state index is 13.7. The van der Waals surface area contributed by atoms with E-state index in [2.05, 4.69) is 35.8 Å². The highest BCUT2D eigenvalue weighted by molar-refractivity contribution is 5.96. The Labute approximate surface area is 215 Å². The Bertz CT molecular complexity index is 1060. The highest BCUT2D eigenvalue weighted by Gasteiger charge is 2.39. The quantitative estimate of drug-likeness (QED) is 0.395. The fourth-order valence-electron chi connectivity index (χ4n) is 5.44.